The van der Waals surface area contributed by atoms with Crippen molar-refractivity contribution in [2.45, 2.75) is 19.4 Å². The molecule has 0 bridgehead atoms. The summed E-state index contributed by atoms with van der Waals surface area (Å²) in [5.41, 5.74) is 1.83. The highest BCUT2D eigenvalue weighted by Gasteiger charge is 2.37. The van der Waals surface area contributed by atoms with Gasteiger partial charge in [0.05, 0.1) is 30.7 Å². The number of hydrogen-bond acceptors (Lipinski definition) is 6. The van der Waals surface area contributed by atoms with Crippen LogP contribution in [-0.4, -0.2) is 36.4 Å². The maximum absolute atomic E-state index is 12.4. The molecule has 0 saturated carbocycles. The number of halogens is 1. The number of rotatable bonds is 5. The molecular formula is C19H18ClN3O4S. The minimum atomic E-state index is -3.62. The highest BCUT2D eigenvalue weighted by Crippen LogP contribution is 2.38. The normalized spacial score (nSPS) is 17.2. The van der Waals surface area contributed by atoms with Crippen molar-refractivity contribution in [2.75, 3.05) is 12.9 Å². The Balaban J connectivity index is 1.80. The van der Waals surface area contributed by atoms with Crippen LogP contribution < -0.4 is 4.74 Å². The van der Waals surface area contributed by atoms with E-state index in [-0.39, 0.29) is 5.15 Å². The molecule has 28 heavy (non-hydrogen) atoms. The van der Waals surface area contributed by atoms with Gasteiger partial charge in [0.25, 0.3) is 0 Å². The number of ether oxygens (including phenoxy) is 1. The maximum atomic E-state index is 12.4. The third kappa shape index (κ3) is 3.45. The van der Waals surface area contributed by atoms with E-state index in [4.69, 9.17) is 20.8 Å². The number of sulfonamides is 1. The maximum Gasteiger partial charge on any atom is 0.247 e. The van der Waals surface area contributed by atoms with E-state index in [1.54, 1.807) is 12.1 Å². The molecule has 7 nitrogen and oxygen atoms in total. The van der Waals surface area contributed by atoms with Gasteiger partial charge in [0, 0.05) is 17.4 Å². The van der Waals surface area contributed by atoms with E-state index in [1.165, 1.54) is 6.26 Å². The average molecular weight is 420 g/mol. The van der Waals surface area contributed by atoms with Crippen LogP contribution in [-0.2, 0) is 10.0 Å². The number of furan rings is 1. The second-order valence-electron chi connectivity index (χ2n) is 6.44. The molecule has 1 atom stereocenters. The smallest absolute Gasteiger partial charge is 0.247 e. The summed E-state index contributed by atoms with van der Waals surface area (Å²) in [6.07, 6.45) is 2.97. The Morgan fingerprint density at radius 2 is 2.14 bits per heavy atom. The summed E-state index contributed by atoms with van der Waals surface area (Å²) in [6.45, 7) is 2.45. The summed E-state index contributed by atoms with van der Waals surface area (Å²) < 4.78 is 36.7. The van der Waals surface area contributed by atoms with Gasteiger partial charge in [-0.05, 0) is 43.3 Å². The lowest BCUT2D eigenvalue weighted by Gasteiger charge is -2.22. The first-order valence-electron chi connectivity index (χ1n) is 8.70. The molecule has 9 heteroatoms. The molecule has 1 aromatic carbocycles. The molecule has 0 fully saturated rings. The summed E-state index contributed by atoms with van der Waals surface area (Å²) in [5, 5.41) is 5.34. The summed E-state index contributed by atoms with van der Waals surface area (Å²) >= 11 is 6.43. The van der Waals surface area contributed by atoms with Crippen LogP contribution in [0.2, 0.25) is 5.15 Å². The van der Waals surface area contributed by atoms with E-state index in [1.807, 2.05) is 31.2 Å². The zero-order valence-electron chi connectivity index (χ0n) is 15.3. The second kappa shape index (κ2) is 7.10. The highest BCUT2D eigenvalue weighted by atomic mass is 35.5. The molecular weight excluding hydrogens is 402 g/mol. The molecule has 4 rings (SSSR count). The average Bonchev–Trinajstić information content (AvgIpc) is 3.31. The van der Waals surface area contributed by atoms with Crippen LogP contribution in [0.15, 0.2) is 52.2 Å². The Labute approximate surface area is 167 Å². The minimum Gasteiger partial charge on any atom is -0.494 e. The molecule has 0 saturated heterocycles. The van der Waals surface area contributed by atoms with Gasteiger partial charge in [0.2, 0.25) is 10.0 Å². The van der Waals surface area contributed by atoms with Gasteiger partial charge in [-0.2, -0.15) is 9.52 Å². The van der Waals surface area contributed by atoms with Crippen LogP contribution in [0.1, 0.15) is 30.7 Å². The number of pyridine rings is 1. The molecule has 0 N–H and O–H groups in total. The molecule has 0 spiro atoms. The van der Waals surface area contributed by atoms with Crippen molar-refractivity contribution in [1.29, 1.82) is 0 Å². The molecule has 3 heterocycles. The van der Waals surface area contributed by atoms with Gasteiger partial charge in [0.1, 0.15) is 22.4 Å². The fourth-order valence-corrected chi connectivity index (χ4v) is 4.42. The Hall–Kier alpha value is -2.58. The van der Waals surface area contributed by atoms with Crippen molar-refractivity contribution in [3.8, 4) is 5.75 Å². The lowest BCUT2D eigenvalue weighted by Crippen LogP contribution is -2.26. The summed E-state index contributed by atoms with van der Waals surface area (Å²) in [4.78, 5) is 4.44. The van der Waals surface area contributed by atoms with Gasteiger partial charge in [-0.3, -0.25) is 0 Å². The van der Waals surface area contributed by atoms with Crippen LogP contribution in [0.3, 0.4) is 0 Å². The van der Waals surface area contributed by atoms with Crippen molar-refractivity contribution in [1.82, 2.24) is 9.40 Å². The van der Waals surface area contributed by atoms with E-state index in [2.05, 4.69) is 10.1 Å². The number of hydrogen-bond donors (Lipinski definition) is 0. The number of hydrazone groups is 1. The first kappa shape index (κ1) is 18.8. The van der Waals surface area contributed by atoms with Crippen LogP contribution in [0.5, 0.6) is 5.75 Å². The van der Waals surface area contributed by atoms with Gasteiger partial charge < -0.3 is 9.15 Å². The lowest BCUT2D eigenvalue weighted by molar-refractivity contribution is 0.340. The van der Waals surface area contributed by atoms with Gasteiger partial charge in [-0.25, -0.2) is 13.4 Å². The fourth-order valence-electron chi connectivity index (χ4n) is 3.26. The standard InChI is InChI=1S/C19H18ClN3O4S/c1-3-26-13-6-7-15-12(9-13)10-14(19(20)21-15)17-11-16(18-5-4-8-27-18)22-23(17)28(2,24)25/h4-10,17H,3,11H2,1-2H3/t17-/m0/s1. The molecule has 2 aromatic heterocycles. The molecule has 0 aliphatic carbocycles. The Bertz CT molecular complexity index is 1160. The van der Waals surface area contributed by atoms with E-state index in [0.29, 0.717) is 41.3 Å². The van der Waals surface area contributed by atoms with Crippen molar-refractivity contribution in [3.05, 3.63) is 59.1 Å². The molecule has 0 unspecified atom stereocenters. The predicted octanol–water partition coefficient (Wildman–Crippen LogP) is 3.99. The molecule has 1 aliphatic rings. The number of fused-ring (bicyclic) bond motifs is 1. The van der Waals surface area contributed by atoms with Crippen LogP contribution >= 0.6 is 11.6 Å². The zero-order chi connectivity index (χ0) is 19.9. The third-order valence-electron chi connectivity index (χ3n) is 4.45. The predicted molar refractivity (Wildman–Crippen MR) is 107 cm³/mol. The highest BCUT2D eigenvalue weighted by molar-refractivity contribution is 7.88. The molecule has 3 aromatic rings. The first-order valence-corrected chi connectivity index (χ1v) is 10.9. The molecule has 0 amide bonds. The molecule has 0 radical (unpaired) electrons. The minimum absolute atomic E-state index is 0.242. The Kier molecular flexibility index (Phi) is 4.76. The van der Waals surface area contributed by atoms with Crippen LogP contribution in [0, 0.1) is 0 Å². The largest absolute Gasteiger partial charge is 0.494 e. The first-order chi connectivity index (χ1) is 13.4. The lowest BCUT2D eigenvalue weighted by atomic mass is 10.0. The Morgan fingerprint density at radius 3 is 2.82 bits per heavy atom. The topological polar surface area (TPSA) is 85.0 Å². The van der Waals surface area contributed by atoms with Crippen molar-refractivity contribution in [2.24, 2.45) is 5.10 Å². The van der Waals surface area contributed by atoms with Gasteiger partial charge in [-0.15, -0.1) is 0 Å². The summed E-state index contributed by atoms with van der Waals surface area (Å²) in [5.74, 6) is 1.24. The van der Waals surface area contributed by atoms with Gasteiger partial charge in [0.15, 0.2) is 0 Å². The number of nitrogens with zero attached hydrogens (tertiary/aromatic N) is 3. The van der Waals surface area contributed by atoms with E-state index >= 15 is 0 Å². The van der Waals surface area contributed by atoms with E-state index in [9.17, 15) is 8.42 Å². The summed E-state index contributed by atoms with van der Waals surface area (Å²) in [7, 11) is -3.62. The second-order valence-corrected chi connectivity index (χ2v) is 8.63. The van der Waals surface area contributed by atoms with Crippen LogP contribution in [0.4, 0.5) is 0 Å². The van der Waals surface area contributed by atoms with Gasteiger partial charge in [-0.1, -0.05) is 11.6 Å². The van der Waals surface area contributed by atoms with E-state index in [0.717, 1.165) is 16.1 Å². The number of benzene rings is 1. The van der Waals surface area contributed by atoms with Gasteiger partial charge >= 0.3 is 0 Å². The monoisotopic (exact) mass is 419 g/mol. The molecule has 146 valence electrons. The van der Waals surface area contributed by atoms with Crippen LogP contribution in [0.25, 0.3) is 10.9 Å². The van der Waals surface area contributed by atoms with Crippen molar-refractivity contribution >= 4 is 38.2 Å². The number of aromatic nitrogens is 1. The molecule has 1 aliphatic heterocycles. The Morgan fingerprint density at radius 1 is 1.32 bits per heavy atom. The van der Waals surface area contributed by atoms with Crippen molar-refractivity contribution in [3.63, 3.8) is 0 Å². The SMILES string of the molecule is CCOc1ccc2nc(Cl)c([C@@H]3CC(c4ccco4)=NN3S(C)(=O)=O)cc2c1. The summed E-state index contributed by atoms with van der Waals surface area (Å²) in [6, 6.07) is 10.2. The van der Waals surface area contributed by atoms with Crippen molar-refractivity contribution < 1.29 is 17.6 Å². The quantitative estimate of drug-likeness (QED) is 0.583. The zero-order valence-corrected chi connectivity index (χ0v) is 16.9. The fraction of sp³-hybridized carbons (Fsp3) is 0.263. The third-order valence-corrected chi connectivity index (χ3v) is 5.77. The van der Waals surface area contributed by atoms with E-state index < -0.39 is 16.1 Å².